The summed E-state index contributed by atoms with van der Waals surface area (Å²) in [5, 5.41) is 10.3. The van der Waals surface area contributed by atoms with Crippen LogP contribution in [0.5, 0.6) is 0 Å². The Hall–Kier alpha value is -2.16. The summed E-state index contributed by atoms with van der Waals surface area (Å²) >= 11 is 6.15. The molecular formula is C22H28ClFN6O. The number of aromatic nitrogens is 2. The molecule has 166 valence electrons. The lowest BCUT2D eigenvalue weighted by Crippen LogP contribution is -2.46. The molecule has 9 heteroatoms. The highest BCUT2D eigenvalue weighted by atomic mass is 35.5. The second kappa shape index (κ2) is 9.14. The highest BCUT2D eigenvalue weighted by molar-refractivity contribution is 6.31. The summed E-state index contributed by atoms with van der Waals surface area (Å²) in [6.07, 6.45) is 12.6. The molecule has 31 heavy (non-hydrogen) atoms. The Morgan fingerprint density at radius 1 is 1.23 bits per heavy atom. The molecule has 7 nitrogen and oxygen atoms in total. The molecule has 2 saturated heterocycles. The lowest BCUT2D eigenvalue weighted by molar-refractivity contribution is -0.00932. The number of halogens is 2. The van der Waals surface area contributed by atoms with Crippen molar-refractivity contribution < 1.29 is 9.13 Å². The van der Waals surface area contributed by atoms with Crippen molar-refractivity contribution in [3.63, 3.8) is 0 Å². The van der Waals surface area contributed by atoms with Gasteiger partial charge in [0.2, 0.25) is 0 Å². The number of rotatable bonds is 5. The molecule has 4 aliphatic heterocycles. The first-order valence-electron chi connectivity index (χ1n) is 11.1. The summed E-state index contributed by atoms with van der Waals surface area (Å²) < 4.78 is 20.5. The molecular weight excluding hydrogens is 419 g/mol. The van der Waals surface area contributed by atoms with E-state index in [2.05, 4.69) is 30.8 Å². The first-order valence-corrected chi connectivity index (χ1v) is 11.5. The average molecular weight is 447 g/mol. The van der Waals surface area contributed by atoms with Gasteiger partial charge < -0.3 is 20.7 Å². The number of nitrogens with one attached hydrogen (secondary N) is 3. The molecule has 1 aromatic rings. The molecule has 0 aliphatic carbocycles. The van der Waals surface area contributed by atoms with Crippen LogP contribution in [0.25, 0.3) is 5.57 Å². The minimum atomic E-state index is -0.437. The van der Waals surface area contributed by atoms with Crippen molar-refractivity contribution in [2.24, 2.45) is 0 Å². The number of anilines is 1. The van der Waals surface area contributed by atoms with Gasteiger partial charge in [-0.05, 0) is 44.7 Å². The zero-order chi connectivity index (χ0) is 21.2. The van der Waals surface area contributed by atoms with E-state index in [0.717, 1.165) is 63.1 Å². The van der Waals surface area contributed by atoms with E-state index in [9.17, 15) is 4.39 Å². The van der Waals surface area contributed by atoms with Gasteiger partial charge in [0.25, 0.3) is 0 Å². The van der Waals surface area contributed by atoms with Crippen molar-refractivity contribution in [3.05, 3.63) is 46.9 Å². The quantitative estimate of drug-likeness (QED) is 0.642. The lowest BCUT2D eigenvalue weighted by atomic mass is 10.0. The topological polar surface area (TPSA) is 74.3 Å². The van der Waals surface area contributed by atoms with Crippen molar-refractivity contribution in [1.29, 1.82) is 0 Å². The Labute approximate surface area is 186 Å². The van der Waals surface area contributed by atoms with Gasteiger partial charge in [0.1, 0.15) is 6.17 Å². The summed E-state index contributed by atoms with van der Waals surface area (Å²) in [7, 11) is 0. The molecule has 5 heterocycles. The standard InChI is InChI=1S/C22H28ClFN6O/c23-14-8-17-18(10-26-20(17)25-9-14)21-27-11-19(24)22(29-21)28-15-4-3-6-30(12-15)13-16-5-1-2-7-31-16/h8-11,15-16,20,25-26H,1-7,12-13H2,(H,27,28,29)/t15-,16?,20?/m0/s1. The maximum atomic E-state index is 14.6. The Bertz CT molecular complexity index is 913. The molecule has 1 aromatic heterocycles. The van der Waals surface area contributed by atoms with E-state index in [1.165, 1.54) is 12.6 Å². The lowest BCUT2D eigenvalue weighted by Gasteiger charge is -2.36. The van der Waals surface area contributed by atoms with Gasteiger partial charge in [-0.2, -0.15) is 0 Å². The van der Waals surface area contributed by atoms with Crippen LogP contribution in [0.15, 0.2) is 35.3 Å². The Morgan fingerprint density at radius 3 is 3.00 bits per heavy atom. The van der Waals surface area contributed by atoms with Crippen molar-refractivity contribution in [2.75, 3.05) is 31.6 Å². The van der Waals surface area contributed by atoms with Crippen LogP contribution in [-0.2, 0) is 4.74 Å². The van der Waals surface area contributed by atoms with E-state index in [4.69, 9.17) is 16.3 Å². The van der Waals surface area contributed by atoms with Crippen LogP contribution in [0.3, 0.4) is 0 Å². The molecule has 3 atom stereocenters. The van der Waals surface area contributed by atoms with Gasteiger partial charge in [0.15, 0.2) is 17.5 Å². The fourth-order valence-electron chi connectivity index (χ4n) is 4.71. The minimum absolute atomic E-state index is 0.0727. The number of hydrogen-bond acceptors (Lipinski definition) is 7. The fourth-order valence-corrected chi connectivity index (χ4v) is 4.89. The number of ether oxygens (including phenoxy) is 1. The van der Waals surface area contributed by atoms with Crippen LogP contribution in [-0.4, -0.2) is 59.4 Å². The van der Waals surface area contributed by atoms with Gasteiger partial charge in [-0.1, -0.05) is 11.6 Å². The number of likely N-dealkylation sites (tertiary alicyclic amines) is 1. The molecule has 0 saturated carbocycles. The van der Waals surface area contributed by atoms with Gasteiger partial charge >= 0.3 is 0 Å². The molecule has 2 unspecified atom stereocenters. The molecule has 5 rings (SSSR count). The van der Waals surface area contributed by atoms with Gasteiger partial charge in [0.05, 0.1) is 17.3 Å². The predicted octanol–water partition coefficient (Wildman–Crippen LogP) is 2.94. The summed E-state index contributed by atoms with van der Waals surface area (Å²) in [4.78, 5) is 11.2. The fraction of sp³-hybridized carbons (Fsp3) is 0.545. The van der Waals surface area contributed by atoms with E-state index in [1.54, 1.807) is 6.20 Å². The van der Waals surface area contributed by atoms with Crippen molar-refractivity contribution in [2.45, 2.75) is 50.4 Å². The highest BCUT2D eigenvalue weighted by Crippen LogP contribution is 2.31. The van der Waals surface area contributed by atoms with E-state index >= 15 is 0 Å². The van der Waals surface area contributed by atoms with Crippen LogP contribution >= 0.6 is 11.6 Å². The SMILES string of the molecule is Fc1cnc(C2=CNC3NC=C(Cl)C=C23)nc1N[C@H]1CCCN(CC2CCCCO2)C1. The number of piperidine rings is 1. The third-order valence-corrected chi connectivity index (χ3v) is 6.48. The molecule has 0 amide bonds. The van der Waals surface area contributed by atoms with Crippen LogP contribution in [0.2, 0.25) is 0 Å². The summed E-state index contributed by atoms with van der Waals surface area (Å²) in [6.45, 7) is 3.74. The largest absolute Gasteiger partial charge is 0.377 e. The number of dihydropyridines is 1. The summed E-state index contributed by atoms with van der Waals surface area (Å²) in [5.74, 6) is 0.288. The number of hydrogen-bond donors (Lipinski definition) is 3. The Kier molecular flexibility index (Phi) is 6.11. The van der Waals surface area contributed by atoms with Gasteiger partial charge in [-0.3, -0.25) is 4.90 Å². The molecule has 2 fully saturated rings. The number of allylic oxidation sites excluding steroid dienone is 2. The number of fused-ring (bicyclic) bond motifs is 1. The molecule has 0 bridgehead atoms. The second-order valence-electron chi connectivity index (χ2n) is 8.58. The third-order valence-electron chi connectivity index (χ3n) is 6.26. The maximum Gasteiger partial charge on any atom is 0.183 e. The van der Waals surface area contributed by atoms with Gasteiger partial charge in [-0.15, -0.1) is 0 Å². The zero-order valence-electron chi connectivity index (χ0n) is 17.4. The third kappa shape index (κ3) is 4.71. The van der Waals surface area contributed by atoms with E-state index in [-0.39, 0.29) is 18.0 Å². The van der Waals surface area contributed by atoms with Crippen LogP contribution in [0.1, 0.15) is 37.9 Å². The first-order chi connectivity index (χ1) is 15.2. The number of nitrogens with zero attached hydrogens (tertiary/aromatic N) is 3. The van der Waals surface area contributed by atoms with Crippen LogP contribution in [0, 0.1) is 5.82 Å². The van der Waals surface area contributed by atoms with Crippen molar-refractivity contribution in [3.8, 4) is 0 Å². The molecule has 0 aromatic carbocycles. The Balaban J connectivity index is 1.27. The van der Waals surface area contributed by atoms with E-state index in [0.29, 0.717) is 17.0 Å². The summed E-state index contributed by atoms with van der Waals surface area (Å²) in [6, 6.07) is 0.144. The van der Waals surface area contributed by atoms with Crippen LogP contribution in [0.4, 0.5) is 10.2 Å². The van der Waals surface area contributed by atoms with E-state index < -0.39 is 5.82 Å². The molecule has 3 N–H and O–H groups in total. The molecule has 0 spiro atoms. The van der Waals surface area contributed by atoms with Gasteiger partial charge in [-0.25, -0.2) is 14.4 Å². The second-order valence-corrected chi connectivity index (χ2v) is 9.01. The highest BCUT2D eigenvalue weighted by Gasteiger charge is 2.29. The minimum Gasteiger partial charge on any atom is -0.377 e. The van der Waals surface area contributed by atoms with Gasteiger partial charge in [0, 0.05) is 49.3 Å². The predicted molar refractivity (Wildman–Crippen MR) is 119 cm³/mol. The maximum absolute atomic E-state index is 14.6. The van der Waals surface area contributed by atoms with E-state index in [1.807, 2.05) is 12.3 Å². The van der Waals surface area contributed by atoms with Crippen molar-refractivity contribution >= 4 is 23.0 Å². The smallest absolute Gasteiger partial charge is 0.183 e. The summed E-state index contributed by atoms with van der Waals surface area (Å²) in [5.41, 5.74) is 1.76. The monoisotopic (exact) mass is 446 g/mol. The first kappa shape index (κ1) is 20.7. The average Bonchev–Trinajstić information content (AvgIpc) is 3.19. The molecule has 0 radical (unpaired) electrons. The van der Waals surface area contributed by atoms with Crippen molar-refractivity contribution in [1.82, 2.24) is 25.5 Å². The zero-order valence-corrected chi connectivity index (χ0v) is 18.2. The van der Waals surface area contributed by atoms with Crippen LogP contribution < -0.4 is 16.0 Å². The normalized spacial score (nSPS) is 28.6. The molecule has 4 aliphatic rings. The Morgan fingerprint density at radius 2 is 2.13 bits per heavy atom.